The quantitative estimate of drug-likeness (QED) is 0.652. The third-order valence-corrected chi connectivity index (χ3v) is 3.58. The van der Waals surface area contributed by atoms with Crippen molar-refractivity contribution in [2.75, 3.05) is 7.11 Å². The summed E-state index contributed by atoms with van der Waals surface area (Å²) in [6, 6.07) is 20.0. The molecule has 0 unspecified atom stereocenters. The Morgan fingerprint density at radius 2 is 1.61 bits per heavy atom. The number of aromatic nitrogens is 1. The molecule has 112 valence electrons. The molecule has 0 radical (unpaired) electrons. The minimum atomic E-state index is 0.880. The first-order valence-corrected chi connectivity index (χ1v) is 7.44. The number of rotatable bonds is 2. The van der Waals surface area contributed by atoms with Gasteiger partial charge in [-0.3, -0.25) is 4.98 Å². The first kappa shape index (κ1) is 14.9. The molecule has 2 aromatic carbocycles. The Labute approximate surface area is 136 Å². The number of methoxy groups -OCH3 is 1. The van der Waals surface area contributed by atoms with Crippen LogP contribution < -0.4 is 4.74 Å². The maximum atomic E-state index is 5.27. The molecule has 3 aromatic rings. The molecule has 23 heavy (non-hydrogen) atoms. The summed E-state index contributed by atoms with van der Waals surface area (Å²) in [5.74, 6) is 7.28. The Morgan fingerprint density at radius 3 is 2.30 bits per heavy atom. The van der Waals surface area contributed by atoms with Crippen LogP contribution in [0.15, 0.2) is 66.9 Å². The molecule has 0 aliphatic carbocycles. The van der Waals surface area contributed by atoms with Crippen LogP contribution in [-0.4, -0.2) is 12.1 Å². The predicted molar refractivity (Wildman–Crippen MR) is 93.4 cm³/mol. The lowest BCUT2D eigenvalue weighted by Crippen LogP contribution is -1.88. The van der Waals surface area contributed by atoms with E-state index < -0.39 is 0 Å². The molecule has 1 aromatic heterocycles. The monoisotopic (exact) mass is 299 g/mol. The number of benzene rings is 2. The van der Waals surface area contributed by atoms with Crippen molar-refractivity contribution in [3.8, 4) is 28.8 Å². The Balaban J connectivity index is 1.88. The number of pyridine rings is 1. The Kier molecular flexibility index (Phi) is 4.40. The number of aryl methyl sites for hydroxylation is 1. The van der Waals surface area contributed by atoms with Crippen molar-refractivity contribution >= 4 is 0 Å². The van der Waals surface area contributed by atoms with Crippen LogP contribution in [0, 0.1) is 18.8 Å². The third-order valence-electron chi connectivity index (χ3n) is 3.58. The van der Waals surface area contributed by atoms with Crippen molar-refractivity contribution in [3.63, 3.8) is 0 Å². The van der Waals surface area contributed by atoms with Gasteiger partial charge in [-0.15, -0.1) is 0 Å². The Morgan fingerprint density at radius 1 is 0.870 bits per heavy atom. The van der Waals surface area contributed by atoms with Crippen LogP contribution in [-0.2, 0) is 0 Å². The molecule has 0 saturated carbocycles. The van der Waals surface area contributed by atoms with Crippen LogP contribution in [0.25, 0.3) is 11.3 Å². The Bertz CT molecular complexity index is 873. The molecular weight excluding hydrogens is 282 g/mol. The maximum absolute atomic E-state index is 5.27. The number of hydrogen-bond donors (Lipinski definition) is 0. The highest BCUT2D eigenvalue weighted by Gasteiger charge is 1.99. The summed E-state index contributed by atoms with van der Waals surface area (Å²) in [5, 5.41) is 0. The highest BCUT2D eigenvalue weighted by Crippen LogP contribution is 2.19. The van der Waals surface area contributed by atoms with Gasteiger partial charge in [0, 0.05) is 22.9 Å². The van der Waals surface area contributed by atoms with Gasteiger partial charge in [0.1, 0.15) is 5.75 Å². The van der Waals surface area contributed by atoms with E-state index in [2.05, 4.69) is 16.8 Å². The topological polar surface area (TPSA) is 22.1 Å². The van der Waals surface area contributed by atoms with E-state index >= 15 is 0 Å². The number of ether oxygens (including phenoxy) is 1. The molecular formula is C21H17NO. The molecule has 0 atom stereocenters. The van der Waals surface area contributed by atoms with E-state index in [0.717, 1.165) is 33.7 Å². The molecule has 0 aliphatic heterocycles. The van der Waals surface area contributed by atoms with Crippen LogP contribution in [0.2, 0.25) is 0 Å². The predicted octanol–water partition coefficient (Wildman–Crippen LogP) is 4.47. The molecule has 3 rings (SSSR count). The zero-order valence-corrected chi connectivity index (χ0v) is 13.2. The summed E-state index contributed by atoms with van der Waals surface area (Å²) in [7, 11) is 1.68. The summed E-state index contributed by atoms with van der Waals surface area (Å²) in [5.41, 5.74) is 5.03. The van der Waals surface area contributed by atoms with E-state index in [9.17, 15) is 0 Å². The molecule has 0 aliphatic rings. The molecule has 2 heteroatoms. The summed E-state index contributed by atoms with van der Waals surface area (Å²) < 4.78 is 5.27. The van der Waals surface area contributed by atoms with Crippen LogP contribution in [0.4, 0.5) is 0 Å². The SMILES string of the molecule is COc1ccc(C#Cc2ccnc(-c3ccccc3)c2)cc1C. The second-order valence-corrected chi connectivity index (χ2v) is 5.23. The summed E-state index contributed by atoms with van der Waals surface area (Å²) in [6.07, 6.45) is 1.80. The van der Waals surface area contributed by atoms with Crippen LogP contribution in [0.1, 0.15) is 16.7 Å². The molecule has 0 N–H and O–H groups in total. The van der Waals surface area contributed by atoms with Crippen molar-refractivity contribution < 1.29 is 4.74 Å². The van der Waals surface area contributed by atoms with Crippen molar-refractivity contribution in [3.05, 3.63) is 83.6 Å². The lowest BCUT2D eigenvalue weighted by molar-refractivity contribution is 0.411. The van der Waals surface area contributed by atoms with Crippen LogP contribution in [0.5, 0.6) is 5.75 Å². The molecule has 0 saturated heterocycles. The van der Waals surface area contributed by atoms with Crippen molar-refractivity contribution in [2.45, 2.75) is 6.92 Å². The van der Waals surface area contributed by atoms with E-state index in [0.29, 0.717) is 0 Å². The molecule has 0 bridgehead atoms. The fourth-order valence-electron chi connectivity index (χ4n) is 2.38. The lowest BCUT2D eigenvalue weighted by atomic mass is 10.1. The zero-order valence-electron chi connectivity index (χ0n) is 13.2. The highest BCUT2D eigenvalue weighted by molar-refractivity contribution is 5.61. The minimum absolute atomic E-state index is 0.880. The fourth-order valence-corrected chi connectivity index (χ4v) is 2.38. The number of hydrogen-bond acceptors (Lipinski definition) is 2. The molecule has 1 heterocycles. The second kappa shape index (κ2) is 6.81. The first-order chi connectivity index (χ1) is 11.3. The minimum Gasteiger partial charge on any atom is -0.496 e. The van der Waals surface area contributed by atoms with E-state index in [1.165, 1.54) is 0 Å². The summed E-state index contributed by atoms with van der Waals surface area (Å²) >= 11 is 0. The highest BCUT2D eigenvalue weighted by atomic mass is 16.5. The molecule has 0 spiro atoms. The van der Waals surface area contributed by atoms with Crippen molar-refractivity contribution in [2.24, 2.45) is 0 Å². The molecule has 0 amide bonds. The van der Waals surface area contributed by atoms with Crippen molar-refractivity contribution in [1.29, 1.82) is 0 Å². The van der Waals surface area contributed by atoms with E-state index in [4.69, 9.17) is 4.74 Å². The average molecular weight is 299 g/mol. The standard InChI is InChI=1S/C21H17NO/c1-16-14-17(10-11-21(16)23-2)8-9-18-12-13-22-20(15-18)19-6-4-3-5-7-19/h3-7,10-15H,1-2H3. The van der Waals surface area contributed by atoms with Gasteiger partial charge in [0.15, 0.2) is 0 Å². The van der Waals surface area contributed by atoms with Gasteiger partial charge in [-0.1, -0.05) is 42.2 Å². The van der Waals surface area contributed by atoms with Gasteiger partial charge in [-0.2, -0.15) is 0 Å². The smallest absolute Gasteiger partial charge is 0.121 e. The van der Waals surface area contributed by atoms with Gasteiger partial charge >= 0.3 is 0 Å². The zero-order chi connectivity index (χ0) is 16.1. The molecule has 0 fully saturated rings. The van der Waals surface area contributed by atoms with Gasteiger partial charge in [0.25, 0.3) is 0 Å². The largest absolute Gasteiger partial charge is 0.496 e. The summed E-state index contributed by atoms with van der Waals surface area (Å²) in [4.78, 5) is 4.42. The lowest BCUT2D eigenvalue weighted by Gasteiger charge is -2.03. The van der Waals surface area contributed by atoms with E-state index in [-0.39, 0.29) is 0 Å². The van der Waals surface area contributed by atoms with Crippen LogP contribution >= 0.6 is 0 Å². The van der Waals surface area contributed by atoms with Gasteiger partial charge in [-0.25, -0.2) is 0 Å². The maximum Gasteiger partial charge on any atom is 0.121 e. The normalized spacial score (nSPS) is 9.83. The van der Waals surface area contributed by atoms with Gasteiger partial charge < -0.3 is 4.74 Å². The van der Waals surface area contributed by atoms with Crippen molar-refractivity contribution in [1.82, 2.24) is 4.98 Å². The third kappa shape index (κ3) is 3.59. The van der Waals surface area contributed by atoms with E-state index in [1.54, 1.807) is 13.3 Å². The molecule has 2 nitrogen and oxygen atoms in total. The Hall–Kier alpha value is -3.05. The summed E-state index contributed by atoms with van der Waals surface area (Å²) in [6.45, 7) is 2.02. The average Bonchev–Trinajstić information content (AvgIpc) is 2.61. The van der Waals surface area contributed by atoms with E-state index in [1.807, 2.05) is 67.6 Å². The van der Waals surface area contributed by atoms with Gasteiger partial charge in [-0.05, 0) is 42.8 Å². The second-order valence-electron chi connectivity index (χ2n) is 5.23. The number of nitrogens with zero attached hydrogens (tertiary/aromatic N) is 1. The van der Waals surface area contributed by atoms with Gasteiger partial charge in [0.05, 0.1) is 12.8 Å². The van der Waals surface area contributed by atoms with Gasteiger partial charge in [0.2, 0.25) is 0 Å². The first-order valence-electron chi connectivity index (χ1n) is 7.44. The van der Waals surface area contributed by atoms with Crippen LogP contribution in [0.3, 0.4) is 0 Å². The fraction of sp³-hybridized carbons (Fsp3) is 0.0952.